The van der Waals surface area contributed by atoms with Crippen molar-refractivity contribution in [2.24, 2.45) is 0 Å². The van der Waals surface area contributed by atoms with Gasteiger partial charge in [0.2, 0.25) is 0 Å². The maximum absolute atomic E-state index is 8.97. The van der Waals surface area contributed by atoms with E-state index in [-0.39, 0.29) is 0 Å². The Balaban J connectivity index is 2.32. The van der Waals surface area contributed by atoms with Crippen LogP contribution in [-0.4, -0.2) is 11.5 Å². The van der Waals surface area contributed by atoms with Crippen molar-refractivity contribution in [1.82, 2.24) is 0 Å². The van der Waals surface area contributed by atoms with Crippen molar-refractivity contribution in [2.45, 2.75) is 6.41 Å². The number of aliphatic hydroxyl groups excluding tert-OH is 1. The molecule has 0 rings (SSSR count). The fourth-order valence-electron chi connectivity index (χ4n) is 0. The first-order valence-corrected chi connectivity index (χ1v) is 0.902. The quantitative estimate of drug-likeness (QED) is 0.292. The molecule has 0 aliphatic heterocycles. The predicted molar refractivity (Wildman–Crippen MR) is 8.89 cm³/mol. The molecule has 0 aromatic heterocycles. The van der Waals surface area contributed by atoms with Crippen molar-refractivity contribution in [1.29, 1.82) is 0 Å². The molecule has 1 atom stereocenters. The lowest BCUT2D eigenvalue weighted by atomic mass is 11.2. The Hall–Kier alpha value is -0.120. The molecule has 0 aliphatic carbocycles. The monoisotopic (exact) mass is 63.0 g/mol. The summed E-state index contributed by atoms with van der Waals surface area (Å²) in [5.41, 5.74) is 2.64. The molecule has 0 aromatic carbocycles. The van der Waals surface area contributed by atoms with Crippen LogP contribution in [0.4, 0.5) is 0 Å². The van der Waals surface area contributed by atoms with Gasteiger partial charge in [0.15, 0.2) is 0 Å². The lowest BCUT2D eigenvalue weighted by molar-refractivity contribution is -0.714. The molecule has 1 unspecified atom stereocenters. The Morgan fingerprint density at radius 3 is 2.00 bits per heavy atom. The minimum Gasteiger partial charge on any atom is -0.783 e. The molecule has 0 amide bonds. The third-order valence-corrected chi connectivity index (χ3v) is 0. The van der Waals surface area contributed by atoms with Crippen LogP contribution >= 0.6 is 0 Å². The van der Waals surface area contributed by atoms with Crippen molar-refractivity contribution in [3.8, 4) is 0 Å². The van der Waals surface area contributed by atoms with Gasteiger partial charge in [-0.2, -0.15) is 0 Å². The van der Waals surface area contributed by atoms with Crippen molar-refractivity contribution in [3.63, 3.8) is 0 Å². The maximum Gasteiger partial charge on any atom is 0.124 e. The Bertz CT molecular complexity index is 10.8. The summed E-state index contributed by atoms with van der Waals surface area (Å²) < 4.78 is 0. The summed E-state index contributed by atoms with van der Waals surface area (Å²) in [6.45, 7) is 0. The summed E-state index contributed by atoms with van der Waals surface area (Å²) in [7, 11) is 0. The topological polar surface area (TPSA) is 70.9 Å². The van der Waals surface area contributed by atoms with Crippen LogP contribution in [0.3, 0.4) is 0 Å². The van der Waals surface area contributed by atoms with E-state index in [1.165, 1.54) is 0 Å². The van der Waals surface area contributed by atoms with Gasteiger partial charge in [-0.15, -0.1) is 0 Å². The molecular weight excluding hydrogens is 58.0 g/mol. The molecule has 4 heavy (non-hydrogen) atoms. The highest BCUT2D eigenvalue weighted by Gasteiger charge is 1.58. The Kier molecular flexibility index (Phi) is 1.19. The predicted octanol–water partition coefficient (Wildman–Crippen LogP) is -3.14. The molecule has 0 fully saturated rings. The van der Waals surface area contributed by atoms with Gasteiger partial charge >= 0.3 is 0 Å². The fraction of sp³-hybridized carbons (Fsp3) is 1.00. The van der Waals surface area contributed by atoms with Crippen LogP contribution in [0, 0.1) is 0 Å². The number of quaternary nitrogens is 1. The van der Waals surface area contributed by atoms with E-state index < -0.39 is 6.41 Å². The van der Waals surface area contributed by atoms with Crippen LogP contribution in [0.2, 0.25) is 0 Å². The Labute approximate surface area is 23.7 Å². The molecule has 26 valence electrons. The number of hydrogen-bond acceptors (Lipinski definition) is 2. The SMILES string of the molecule is [NH3+]C([O-])O. The first-order chi connectivity index (χ1) is 1.73. The molecule has 0 aromatic rings. The number of rotatable bonds is 0. The van der Waals surface area contributed by atoms with Gasteiger partial charge in [0, 0.05) is 0 Å². The lowest BCUT2D eigenvalue weighted by Gasteiger charge is -1.96. The van der Waals surface area contributed by atoms with Gasteiger partial charge in [-0.1, -0.05) is 0 Å². The average Bonchev–Trinajstić information content (AvgIpc) is 0.811. The summed E-state index contributed by atoms with van der Waals surface area (Å²) in [5, 5.41) is 16.4. The highest BCUT2D eigenvalue weighted by atomic mass is 16.5. The van der Waals surface area contributed by atoms with Gasteiger partial charge in [-0.25, -0.2) is 0 Å². The van der Waals surface area contributed by atoms with Crippen molar-refractivity contribution in [3.05, 3.63) is 0 Å². The normalized spacial score (nSPS) is 15.8. The molecule has 0 saturated heterocycles. The van der Waals surface area contributed by atoms with E-state index in [0.29, 0.717) is 0 Å². The highest BCUT2D eigenvalue weighted by Crippen LogP contribution is 1.20. The van der Waals surface area contributed by atoms with Gasteiger partial charge in [0.25, 0.3) is 0 Å². The molecule has 4 N–H and O–H groups in total. The van der Waals surface area contributed by atoms with Crippen LogP contribution in [0.5, 0.6) is 0 Å². The molecule has 0 aliphatic rings. The van der Waals surface area contributed by atoms with Gasteiger partial charge in [0.1, 0.15) is 6.41 Å². The van der Waals surface area contributed by atoms with E-state index >= 15 is 0 Å². The largest absolute Gasteiger partial charge is 0.783 e. The minimum absolute atomic E-state index is 1.67. The molecule has 0 heterocycles. The summed E-state index contributed by atoms with van der Waals surface area (Å²) in [6, 6.07) is 0. The standard InChI is InChI=1S/CH4NO2/c2-1(3)4/h1,3H,2H2/q-1/p+1. The summed E-state index contributed by atoms with van der Waals surface area (Å²) in [5.74, 6) is 0. The van der Waals surface area contributed by atoms with Crippen LogP contribution in [-0.2, 0) is 0 Å². The average molecular weight is 63.1 g/mol. The zero-order valence-corrected chi connectivity index (χ0v) is 2.14. The molecule has 0 radical (unpaired) electrons. The molecular formula is CH5NO2. The second-order valence-corrected chi connectivity index (χ2v) is 0.455. The Morgan fingerprint density at radius 2 is 2.00 bits per heavy atom. The maximum atomic E-state index is 8.97. The van der Waals surface area contributed by atoms with Crippen LogP contribution in [0.25, 0.3) is 0 Å². The van der Waals surface area contributed by atoms with Crippen molar-refractivity contribution in [2.75, 3.05) is 0 Å². The van der Waals surface area contributed by atoms with E-state index in [1.807, 2.05) is 0 Å². The van der Waals surface area contributed by atoms with E-state index in [2.05, 4.69) is 5.73 Å². The highest BCUT2D eigenvalue weighted by molar-refractivity contribution is 3.64. The van der Waals surface area contributed by atoms with Gasteiger partial charge < -0.3 is 15.9 Å². The fourth-order valence-corrected chi connectivity index (χ4v) is 0. The summed E-state index contributed by atoms with van der Waals surface area (Å²) >= 11 is 0. The third-order valence-electron chi connectivity index (χ3n) is 0. The van der Waals surface area contributed by atoms with E-state index in [1.54, 1.807) is 0 Å². The summed E-state index contributed by atoms with van der Waals surface area (Å²) in [4.78, 5) is 0. The smallest absolute Gasteiger partial charge is 0.124 e. The van der Waals surface area contributed by atoms with Crippen molar-refractivity contribution >= 4 is 0 Å². The Morgan fingerprint density at radius 1 is 2.00 bits per heavy atom. The van der Waals surface area contributed by atoms with Crippen LogP contribution in [0.1, 0.15) is 0 Å². The molecule has 0 saturated carbocycles. The van der Waals surface area contributed by atoms with E-state index in [4.69, 9.17) is 10.2 Å². The zero-order valence-electron chi connectivity index (χ0n) is 2.14. The van der Waals surface area contributed by atoms with Crippen LogP contribution in [0.15, 0.2) is 0 Å². The van der Waals surface area contributed by atoms with Crippen molar-refractivity contribution < 1.29 is 15.9 Å². The second kappa shape index (κ2) is 1.23. The van der Waals surface area contributed by atoms with E-state index in [0.717, 1.165) is 0 Å². The van der Waals surface area contributed by atoms with Crippen LogP contribution < -0.4 is 10.8 Å². The molecule has 3 heteroatoms. The van der Waals surface area contributed by atoms with Gasteiger partial charge in [-0.05, 0) is 0 Å². The number of aliphatic hydroxyl groups is 1. The first-order valence-electron chi connectivity index (χ1n) is 0.902. The molecule has 3 nitrogen and oxygen atoms in total. The summed E-state index contributed by atoms with van der Waals surface area (Å²) in [6.07, 6.45) is -1.67. The van der Waals surface area contributed by atoms with Gasteiger partial charge in [-0.3, -0.25) is 0 Å². The third kappa shape index (κ3) is 101. The first kappa shape index (κ1) is 3.88. The lowest BCUT2D eigenvalue weighted by Crippen LogP contribution is -2.67. The molecule has 0 bridgehead atoms. The zero-order chi connectivity index (χ0) is 3.58. The number of hydrogen-bond donors (Lipinski definition) is 2. The van der Waals surface area contributed by atoms with Gasteiger partial charge in [0.05, 0.1) is 0 Å². The minimum atomic E-state index is -1.67. The van der Waals surface area contributed by atoms with E-state index in [9.17, 15) is 0 Å². The molecule has 0 spiro atoms. The second-order valence-electron chi connectivity index (χ2n) is 0.455.